The van der Waals surface area contributed by atoms with Crippen molar-refractivity contribution in [3.63, 3.8) is 0 Å². The van der Waals surface area contributed by atoms with E-state index < -0.39 is 6.10 Å². The molecule has 2 aliphatic heterocycles. The summed E-state index contributed by atoms with van der Waals surface area (Å²) < 4.78 is 29.1. The van der Waals surface area contributed by atoms with Crippen LogP contribution in [-0.2, 0) is 16.1 Å². The van der Waals surface area contributed by atoms with Gasteiger partial charge in [0.25, 0.3) is 0 Å². The molecule has 3 atom stereocenters. The zero-order valence-corrected chi connectivity index (χ0v) is 24.4. The molecule has 0 saturated carbocycles. The number of halogens is 1. The molecule has 0 spiro atoms. The van der Waals surface area contributed by atoms with Crippen LogP contribution in [0.3, 0.4) is 0 Å². The Bertz CT molecular complexity index is 1270. The summed E-state index contributed by atoms with van der Waals surface area (Å²) in [6, 6.07) is 19.4. The smallest absolute Gasteiger partial charge is 0.142 e. The monoisotopic (exact) mass is 582 g/mol. The molecule has 2 aliphatic rings. The van der Waals surface area contributed by atoms with Gasteiger partial charge in [-0.2, -0.15) is 0 Å². The van der Waals surface area contributed by atoms with Gasteiger partial charge in [-0.15, -0.1) is 0 Å². The highest BCUT2D eigenvalue weighted by Crippen LogP contribution is 2.35. The standard InChI is InChI=1S/C32H39ClN2O6/c1-3-38-29-12-10-25(18-26(29)33)41-24-8-6-23(7-9-24)32-28(36)19-34-20-31(32)40-21-22-5-11-30-27(17-22)35(14-16-39-30)13-4-15-37-2/h5-12,17-18,28,31-32,34,36H,3-4,13-16,19-21H2,1-2H3. The van der Waals surface area contributed by atoms with Crippen molar-refractivity contribution < 1.29 is 28.8 Å². The molecule has 5 rings (SSSR count). The summed E-state index contributed by atoms with van der Waals surface area (Å²) in [5.74, 6) is 2.67. The van der Waals surface area contributed by atoms with E-state index >= 15 is 0 Å². The Morgan fingerprint density at radius 3 is 2.66 bits per heavy atom. The number of nitrogens with one attached hydrogen (secondary N) is 1. The molecule has 8 nitrogen and oxygen atoms in total. The third-order valence-corrected chi connectivity index (χ3v) is 7.74. The van der Waals surface area contributed by atoms with Gasteiger partial charge in [0.2, 0.25) is 0 Å². The van der Waals surface area contributed by atoms with E-state index in [0.29, 0.717) is 55.2 Å². The van der Waals surface area contributed by atoms with Gasteiger partial charge in [0.1, 0.15) is 29.6 Å². The Morgan fingerprint density at radius 1 is 1.05 bits per heavy atom. The maximum atomic E-state index is 11.0. The first-order valence-corrected chi connectivity index (χ1v) is 14.6. The molecule has 0 aromatic heterocycles. The second-order valence-electron chi connectivity index (χ2n) is 10.3. The molecule has 3 aromatic rings. The third-order valence-electron chi connectivity index (χ3n) is 7.44. The first-order chi connectivity index (χ1) is 20.1. The number of rotatable bonds is 12. The third kappa shape index (κ3) is 7.45. The van der Waals surface area contributed by atoms with Crippen LogP contribution in [0.5, 0.6) is 23.0 Å². The molecule has 1 saturated heterocycles. The lowest BCUT2D eigenvalue weighted by Crippen LogP contribution is -2.49. The molecule has 41 heavy (non-hydrogen) atoms. The topological polar surface area (TPSA) is 81.7 Å². The molecule has 0 aliphatic carbocycles. The van der Waals surface area contributed by atoms with Crippen LogP contribution in [0.25, 0.3) is 0 Å². The van der Waals surface area contributed by atoms with E-state index in [2.05, 4.69) is 22.3 Å². The number of aliphatic hydroxyl groups is 1. The maximum absolute atomic E-state index is 11.0. The summed E-state index contributed by atoms with van der Waals surface area (Å²) in [7, 11) is 1.73. The quantitative estimate of drug-likeness (QED) is 0.275. The number of anilines is 1. The first-order valence-electron chi connectivity index (χ1n) is 14.3. The van der Waals surface area contributed by atoms with Crippen molar-refractivity contribution >= 4 is 17.3 Å². The number of β-amino-alcohol motifs (C(OH)–C–C–N with tert-alkyl or cyclic N) is 1. The summed E-state index contributed by atoms with van der Waals surface area (Å²) in [6.45, 7) is 7.26. The normalized spacial score (nSPS) is 20.3. The second-order valence-corrected chi connectivity index (χ2v) is 10.7. The maximum Gasteiger partial charge on any atom is 0.142 e. The minimum Gasteiger partial charge on any atom is -0.492 e. The van der Waals surface area contributed by atoms with Crippen LogP contribution in [0.4, 0.5) is 5.69 Å². The lowest BCUT2D eigenvalue weighted by molar-refractivity contribution is -0.0328. The number of aliphatic hydroxyl groups excluding tert-OH is 1. The molecule has 220 valence electrons. The van der Waals surface area contributed by atoms with Crippen molar-refractivity contribution in [3.05, 3.63) is 76.8 Å². The van der Waals surface area contributed by atoms with Crippen LogP contribution < -0.4 is 24.4 Å². The molecule has 2 heterocycles. The predicted molar refractivity (Wildman–Crippen MR) is 160 cm³/mol. The summed E-state index contributed by atoms with van der Waals surface area (Å²) in [5, 5.41) is 14.8. The van der Waals surface area contributed by atoms with Gasteiger partial charge in [-0.3, -0.25) is 0 Å². The van der Waals surface area contributed by atoms with E-state index in [9.17, 15) is 5.11 Å². The van der Waals surface area contributed by atoms with E-state index in [1.807, 2.05) is 43.3 Å². The number of methoxy groups -OCH3 is 1. The Morgan fingerprint density at radius 2 is 1.88 bits per heavy atom. The fourth-order valence-electron chi connectivity index (χ4n) is 5.43. The molecule has 0 bridgehead atoms. The number of piperidine rings is 1. The Hall–Kier alpha value is -3.01. The molecular weight excluding hydrogens is 544 g/mol. The number of ether oxygens (including phenoxy) is 5. The van der Waals surface area contributed by atoms with E-state index in [4.69, 9.17) is 35.3 Å². The number of benzene rings is 3. The largest absolute Gasteiger partial charge is 0.492 e. The van der Waals surface area contributed by atoms with Crippen molar-refractivity contribution in [2.45, 2.75) is 38.1 Å². The van der Waals surface area contributed by atoms with Gasteiger partial charge in [0.15, 0.2) is 0 Å². The number of hydrogen-bond acceptors (Lipinski definition) is 8. The molecule has 0 amide bonds. The molecule has 1 fully saturated rings. The molecule has 9 heteroatoms. The van der Waals surface area contributed by atoms with Gasteiger partial charge in [-0.25, -0.2) is 0 Å². The Labute approximate surface area is 247 Å². The fraction of sp³-hybridized carbons (Fsp3) is 0.438. The first kappa shape index (κ1) is 29.5. The van der Waals surface area contributed by atoms with Crippen molar-refractivity contribution in [1.82, 2.24) is 5.32 Å². The van der Waals surface area contributed by atoms with Crippen molar-refractivity contribution in [2.24, 2.45) is 0 Å². The highest BCUT2D eigenvalue weighted by molar-refractivity contribution is 6.32. The molecular formula is C32H39ClN2O6. The van der Waals surface area contributed by atoms with Crippen molar-refractivity contribution in [2.75, 3.05) is 58.0 Å². The van der Waals surface area contributed by atoms with Crippen LogP contribution >= 0.6 is 11.6 Å². The van der Waals surface area contributed by atoms with Crippen molar-refractivity contribution in [3.8, 4) is 23.0 Å². The highest BCUT2D eigenvalue weighted by atomic mass is 35.5. The number of hydrogen-bond donors (Lipinski definition) is 2. The predicted octanol–water partition coefficient (Wildman–Crippen LogP) is 5.40. The summed E-state index contributed by atoms with van der Waals surface area (Å²) in [4.78, 5) is 2.35. The minimum atomic E-state index is -0.571. The zero-order chi connectivity index (χ0) is 28.6. The van der Waals surface area contributed by atoms with Gasteiger partial charge in [-0.1, -0.05) is 29.8 Å². The zero-order valence-electron chi connectivity index (χ0n) is 23.7. The van der Waals surface area contributed by atoms with E-state index in [-0.39, 0.29) is 12.0 Å². The van der Waals surface area contributed by atoms with Crippen LogP contribution in [-0.4, -0.2) is 70.4 Å². The lowest BCUT2D eigenvalue weighted by Gasteiger charge is -2.36. The Kier molecular flexibility index (Phi) is 10.2. The number of nitrogens with zero attached hydrogens (tertiary/aromatic N) is 1. The van der Waals surface area contributed by atoms with Crippen LogP contribution in [0.15, 0.2) is 60.7 Å². The molecule has 0 radical (unpaired) electrons. The average molecular weight is 583 g/mol. The Balaban J connectivity index is 1.24. The average Bonchev–Trinajstić information content (AvgIpc) is 2.98. The second kappa shape index (κ2) is 14.2. The van der Waals surface area contributed by atoms with Gasteiger partial charge >= 0.3 is 0 Å². The lowest BCUT2D eigenvalue weighted by atomic mass is 9.85. The summed E-state index contributed by atoms with van der Waals surface area (Å²) in [5.41, 5.74) is 3.17. The molecule has 3 unspecified atom stereocenters. The highest BCUT2D eigenvalue weighted by Gasteiger charge is 2.34. The van der Waals surface area contributed by atoms with Crippen molar-refractivity contribution in [1.29, 1.82) is 0 Å². The van der Waals surface area contributed by atoms with Crippen LogP contribution in [0, 0.1) is 0 Å². The fourth-order valence-corrected chi connectivity index (χ4v) is 5.65. The molecule has 2 N–H and O–H groups in total. The summed E-state index contributed by atoms with van der Waals surface area (Å²) >= 11 is 6.31. The summed E-state index contributed by atoms with van der Waals surface area (Å²) in [6.07, 6.45) is 0.195. The van der Waals surface area contributed by atoms with Gasteiger partial charge in [0.05, 0.1) is 42.7 Å². The molecule has 3 aromatic carbocycles. The van der Waals surface area contributed by atoms with Gasteiger partial charge in [-0.05, 0) is 60.9 Å². The van der Waals surface area contributed by atoms with E-state index in [0.717, 1.165) is 48.7 Å². The van der Waals surface area contributed by atoms with Crippen LogP contribution in [0.2, 0.25) is 5.02 Å². The van der Waals surface area contributed by atoms with Crippen LogP contribution in [0.1, 0.15) is 30.4 Å². The number of fused-ring (bicyclic) bond motifs is 1. The van der Waals surface area contributed by atoms with E-state index in [1.54, 1.807) is 19.2 Å². The van der Waals surface area contributed by atoms with Gasteiger partial charge < -0.3 is 39.0 Å². The van der Waals surface area contributed by atoms with E-state index in [1.165, 1.54) is 0 Å². The SMILES string of the molecule is CCOc1ccc(Oc2ccc(C3C(O)CNCC3OCc3ccc4c(c3)N(CCCOC)CCO4)cc2)cc1Cl. The minimum absolute atomic E-state index is 0.170. The van der Waals surface area contributed by atoms with Gasteiger partial charge in [0, 0.05) is 45.3 Å².